The predicted molar refractivity (Wildman–Crippen MR) is 117 cm³/mol. The second kappa shape index (κ2) is 8.69. The minimum absolute atomic E-state index is 0.0996. The molecule has 4 aliphatic carbocycles. The van der Waals surface area contributed by atoms with E-state index >= 15 is 0 Å². The molecule has 3 N–H and O–H groups in total. The van der Waals surface area contributed by atoms with Crippen molar-refractivity contribution < 1.29 is 24.0 Å². The highest BCUT2D eigenvalue weighted by atomic mass is 16.5. The van der Waals surface area contributed by atoms with Gasteiger partial charge in [-0.2, -0.15) is 0 Å². The van der Waals surface area contributed by atoms with Crippen molar-refractivity contribution in [1.82, 2.24) is 10.6 Å². The maximum atomic E-state index is 12.8. The molecule has 0 radical (unpaired) electrons. The zero-order valence-electron chi connectivity index (χ0n) is 19.1. The van der Waals surface area contributed by atoms with E-state index in [2.05, 4.69) is 10.6 Å². The summed E-state index contributed by atoms with van der Waals surface area (Å²) < 4.78 is 10.7. The molecule has 5 rings (SSSR count). The lowest BCUT2D eigenvalue weighted by molar-refractivity contribution is -0.908. The summed E-state index contributed by atoms with van der Waals surface area (Å²) in [5.74, 6) is 3.44. The number of imide groups is 1. The van der Waals surface area contributed by atoms with E-state index in [4.69, 9.17) is 9.47 Å². The predicted octanol–water partition coefficient (Wildman–Crippen LogP) is 1.90. The van der Waals surface area contributed by atoms with Gasteiger partial charge in [-0.25, -0.2) is 4.79 Å². The van der Waals surface area contributed by atoms with Crippen LogP contribution in [0.15, 0.2) is 18.2 Å². The Kier molecular flexibility index (Phi) is 6.15. The number of carbonyl (C=O) groups is 2. The molecule has 0 heterocycles. The van der Waals surface area contributed by atoms with Crippen LogP contribution in [0.3, 0.4) is 0 Å². The van der Waals surface area contributed by atoms with Crippen LogP contribution in [0.4, 0.5) is 4.79 Å². The third kappa shape index (κ3) is 4.66. The van der Waals surface area contributed by atoms with Gasteiger partial charge in [-0.1, -0.05) is 0 Å². The molecule has 2 atom stereocenters. The quantitative estimate of drug-likeness (QED) is 0.617. The first-order chi connectivity index (χ1) is 14.8. The molecule has 31 heavy (non-hydrogen) atoms. The maximum absolute atomic E-state index is 12.8. The number of amides is 3. The van der Waals surface area contributed by atoms with Crippen molar-refractivity contribution in [2.45, 2.75) is 63.6 Å². The molecule has 0 aromatic heterocycles. The van der Waals surface area contributed by atoms with Crippen LogP contribution in [-0.2, 0) is 11.3 Å². The highest BCUT2D eigenvalue weighted by molar-refractivity contribution is 5.96. The Morgan fingerprint density at radius 2 is 1.71 bits per heavy atom. The Hall–Kier alpha value is -2.28. The normalized spacial score (nSPS) is 30.4. The Bertz CT molecular complexity index is 805. The van der Waals surface area contributed by atoms with Crippen molar-refractivity contribution in [1.29, 1.82) is 0 Å². The summed E-state index contributed by atoms with van der Waals surface area (Å²) >= 11 is 0. The van der Waals surface area contributed by atoms with E-state index in [1.54, 1.807) is 14.2 Å². The number of hydrogen-bond donors (Lipinski definition) is 3. The van der Waals surface area contributed by atoms with Gasteiger partial charge in [0.2, 0.25) is 0 Å². The number of urea groups is 1. The molecule has 0 spiro atoms. The summed E-state index contributed by atoms with van der Waals surface area (Å²) in [6.45, 7) is 2.44. The topological polar surface area (TPSA) is 81.1 Å². The van der Waals surface area contributed by atoms with E-state index in [9.17, 15) is 9.59 Å². The Balaban J connectivity index is 1.32. The molecule has 4 saturated carbocycles. The number of nitrogens with one attached hydrogen (secondary N) is 3. The van der Waals surface area contributed by atoms with E-state index in [0.717, 1.165) is 59.0 Å². The summed E-state index contributed by atoms with van der Waals surface area (Å²) in [6, 6.07) is 4.95. The van der Waals surface area contributed by atoms with Crippen LogP contribution in [-0.4, -0.2) is 44.8 Å². The molecule has 3 amide bonds. The number of quaternary nitrogens is 1. The van der Waals surface area contributed by atoms with Crippen molar-refractivity contribution >= 4 is 11.9 Å². The van der Waals surface area contributed by atoms with Gasteiger partial charge in [0.05, 0.1) is 21.3 Å². The summed E-state index contributed by atoms with van der Waals surface area (Å²) in [4.78, 5) is 26.5. The van der Waals surface area contributed by atoms with Gasteiger partial charge < -0.3 is 19.7 Å². The van der Waals surface area contributed by atoms with E-state index < -0.39 is 0 Å². The average molecular weight is 431 g/mol. The molecule has 1 aromatic rings. The van der Waals surface area contributed by atoms with Gasteiger partial charge in [0.25, 0.3) is 5.91 Å². The van der Waals surface area contributed by atoms with Crippen LogP contribution in [0, 0.1) is 17.8 Å². The monoisotopic (exact) mass is 430 g/mol. The summed E-state index contributed by atoms with van der Waals surface area (Å²) in [6.07, 6.45) is 7.17. The lowest BCUT2D eigenvalue weighted by Crippen LogP contribution is -3.12. The minimum atomic E-state index is -0.381. The lowest BCUT2D eigenvalue weighted by Gasteiger charge is -2.56. The Labute approximate surface area is 184 Å². The standard InChI is InChI=1S/C24H35N3O4/c1-15(27(2)14-19-5-6-20(30-3)10-21(19)31-4)22(28)25-23(29)26-24-11-16-7-17(12-24)9-18(8-16)13-24/h5-6,10,15-18H,7-9,11-14H2,1-4H3,(H2,25,26,28,29)/p+1/t15-,16?,17?,18?,24?/m0/s1. The molecular weight excluding hydrogens is 394 g/mol. The number of rotatable bonds is 7. The van der Waals surface area contributed by atoms with Gasteiger partial charge in [0.1, 0.15) is 18.0 Å². The molecule has 7 heteroatoms. The van der Waals surface area contributed by atoms with Crippen molar-refractivity contribution in [2.24, 2.45) is 17.8 Å². The fraction of sp³-hybridized carbons (Fsp3) is 0.667. The fourth-order valence-electron chi connectivity index (χ4n) is 6.43. The van der Waals surface area contributed by atoms with Gasteiger partial charge >= 0.3 is 6.03 Å². The first-order valence-corrected chi connectivity index (χ1v) is 11.5. The third-order valence-corrected chi connectivity index (χ3v) is 7.75. The molecule has 1 unspecified atom stereocenters. The molecular formula is C24H36N3O4+. The minimum Gasteiger partial charge on any atom is -0.497 e. The summed E-state index contributed by atoms with van der Waals surface area (Å²) in [7, 11) is 5.19. The van der Waals surface area contributed by atoms with Crippen molar-refractivity contribution in [3.8, 4) is 11.5 Å². The molecule has 4 aliphatic rings. The number of ether oxygens (including phenoxy) is 2. The van der Waals surface area contributed by atoms with Crippen molar-refractivity contribution in [3.05, 3.63) is 23.8 Å². The number of likely N-dealkylation sites (N-methyl/N-ethyl adjacent to an activating group) is 1. The van der Waals surface area contributed by atoms with E-state index in [-0.39, 0.29) is 23.5 Å². The first-order valence-electron chi connectivity index (χ1n) is 11.5. The zero-order valence-corrected chi connectivity index (χ0v) is 19.1. The van der Waals surface area contributed by atoms with E-state index in [1.807, 2.05) is 32.2 Å². The lowest BCUT2D eigenvalue weighted by atomic mass is 9.53. The number of carbonyl (C=O) groups excluding carboxylic acids is 2. The van der Waals surface area contributed by atoms with E-state index in [1.165, 1.54) is 19.3 Å². The third-order valence-electron chi connectivity index (χ3n) is 7.75. The number of methoxy groups -OCH3 is 2. The SMILES string of the molecule is COc1ccc(C[NH+](C)[C@@H](C)C(=O)NC(=O)NC23CC4CC(CC(C4)C2)C3)c(OC)c1. The largest absolute Gasteiger partial charge is 0.497 e. The van der Waals surface area contributed by atoms with Crippen molar-refractivity contribution in [3.63, 3.8) is 0 Å². The first kappa shape index (κ1) is 21.9. The van der Waals surface area contributed by atoms with Crippen molar-refractivity contribution in [2.75, 3.05) is 21.3 Å². The highest BCUT2D eigenvalue weighted by Crippen LogP contribution is 2.55. The summed E-state index contributed by atoms with van der Waals surface area (Å²) in [5, 5.41) is 5.82. The van der Waals surface area contributed by atoms with Gasteiger partial charge in [-0.3, -0.25) is 10.1 Å². The van der Waals surface area contributed by atoms with Gasteiger partial charge in [-0.05, 0) is 75.3 Å². The van der Waals surface area contributed by atoms with Gasteiger partial charge in [-0.15, -0.1) is 0 Å². The molecule has 4 bridgehead atoms. The zero-order chi connectivity index (χ0) is 22.2. The fourth-order valence-corrected chi connectivity index (χ4v) is 6.43. The number of hydrogen-bond acceptors (Lipinski definition) is 4. The molecule has 1 aromatic carbocycles. The Morgan fingerprint density at radius 3 is 2.26 bits per heavy atom. The van der Waals surface area contributed by atoms with Crippen LogP contribution < -0.4 is 25.0 Å². The highest BCUT2D eigenvalue weighted by Gasteiger charge is 2.51. The molecule has 4 fully saturated rings. The van der Waals surface area contributed by atoms with Gasteiger partial charge in [0.15, 0.2) is 6.04 Å². The molecule has 0 saturated heterocycles. The van der Waals surface area contributed by atoms with Crippen LogP contribution in [0.5, 0.6) is 11.5 Å². The van der Waals surface area contributed by atoms with E-state index in [0.29, 0.717) is 6.54 Å². The second-order valence-corrected chi connectivity index (χ2v) is 10.1. The van der Waals surface area contributed by atoms with Crippen LogP contribution in [0.25, 0.3) is 0 Å². The van der Waals surface area contributed by atoms with Gasteiger partial charge in [0, 0.05) is 17.2 Å². The van der Waals surface area contributed by atoms with Crippen LogP contribution in [0.1, 0.15) is 51.0 Å². The van der Waals surface area contributed by atoms with Crippen LogP contribution >= 0.6 is 0 Å². The average Bonchev–Trinajstić information content (AvgIpc) is 2.71. The van der Waals surface area contributed by atoms with Crippen LogP contribution in [0.2, 0.25) is 0 Å². The molecule has 7 nitrogen and oxygen atoms in total. The maximum Gasteiger partial charge on any atom is 0.322 e. The second-order valence-electron chi connectivity index (χ2n) is 10.1. The smallest absolute Gasteiger partial charge is 0.322 e. The molecule has 0 aliphatic heterocycles. The molecule has 170 valence electrons. The number of benzene rings is 1. The Morgan fingerprint density at radius 1 is 1.10 bits per heavy atom. The summed E-state index contributed by atoms with van der Waals surface area (Å²) in [5.41, 5.74) is 0.885.